The number of halogens is 1. The summed E-state index contributed by atoms with van der Waals surface area (Å²) in [6.07, 6.45) is 4.46. The molecule has 1 aliphatic carbocycles. The number of aliphatic hydroxyl groups excluding tert-OH is 1. The van der Waals surface area contributed by atoms with Gasteiger partial charge in [0.25, 0.3) is 0 Å². The average Bonchev–Trinajstić information content (AvgIpc) is 2.28. The van der Waals surface area contributed by atoms with E-state index in [1.54, 1.807) is 0 Å². The number of rotatable bonds is 6. The maximum absolute atomic E-state index is 8.69. The van der Waals surface area contributed by atoms with Crippen LogP contribution in [0, 0.1) is 0 Å². The van der Waals surface area contributed by atoms with Gasteiger partial charge in [0.05, 0.1) is 0 Å². The molecule has 2 N–H and O–H groups in total. The van der Waals surface area contributed by atoms with Crippen molar-refractivity contribution in [3.63, 3.8) is 0 Å². The SMILES string of the molecule is OCCCCNC1CC(c2ccccc2Br)C1. The van der Waals surface area contributed by atoms with Crippen LogP contribution in [0.15, 0.2) is 28.7 Å². The van der Waals surface area contributed by atoms with Gasteiger partial charge in [-0.25, -0.2) is 0 Å². The molecule has 1 aromatic carbocycles. The molecule has 0 aromatic heterocycles. The van der Waals surface area contributed by atoms with Crippen molar-refractivity contribution in [1.82, 2.24) is 5.32 Å². The summed E-state index contributed by atoms with van der Waals surface area (Å²) in [4.78, 5) is 0. The second-order valence-corrected chi connectivity index (χ2v) is 5.63. The van der Waals surface area contributed by atoms with Crippen LogP contribution in [0.4, 0.5) is 0 Å². The topological polar surface area (TPSA) is 32.3 Å². The first kappa shape index (κ1) is 13.1. The van der Waals surface area contributed by atoms with E-state index in [4.69, 9.17) is 5.11 Å². The molecule has 1 fully saturated rings. The molecule has 0 saturated heterocycles. The van der Waals surface area contributed by atoms with Crippen LogP contribution in [0.1, 0.15) is 37.2 Å². The van der Waals surface area contributed by atoms with Gasteiger partial charge in [-0.1, -0.05) is 34.1 Å². The summed E-state index contributed by atoms with van der Waals surface area (Å²) in [5.41, 5.74) is 1.45. The first-order valence-corrected chi connectivity index (χ1v) is 7.19. The Bertz CT molecular complexity index is 350. The van der Waals surface area contributed by atoms with E-state index in [9.17, 15) is 0 Å². The minimum absolute atomic E-state index is 0.311. The van der Waals surface area contributed by atoms with Crippen molar-refractivity contribution in [3.05, 3.63) is 34.3 Å². The Morgan fingerprint density at radius 1 is 1.24 bits per heavy atom. The highest BCUT2D eigenvalue weighted by Gasteiger charge is 2.30. The van der Waals surface area contributed by atoms with Crippen LogP contribution >= 0.6 is 15.9 Å². The monoisotopic (exact) mass is 297 g/mol. The lowest BCUT2D eigenvalue weighted by Gasteiger charge is -2.37. The first-order valence-electron chi connectivity index (χ1n) is 6.40. The maximum atomic E-state index is 8.69. The van der Waals surface area contributed by atoms with Crippen LogP contribution in [-0.2, 0) is 0 Å². The Morgan fingerprint density at radius 3 is 2.71 bits per heavy atom. The smallest absolute Gasteiger partial charge is 0.0431 e. The summed E-state index contributed by atoms with van der Waals surface area (Å²) in [5.74, 6) is 0.709. The summed E-state index contributed by atoms with van der Waals surface area (Å²) in [6, 6.07) is 9.19. The largest absolute Gasteiger partial charge is 0.396 e. The fraction of sp³-hybridized carbons (Fsp3) is 0.571. The molecule has 0 heterocycles. The average molecular weight is 298 g/mol. The zero-order chi connectivity index (χ0) is 12.1. The van der Waals surface area contributed by atoms with Gasteiger partial charge < -0.3 is 10.4 Å². The molecule has 0 aliphatic heterocycles. The standard InChI is InChI=1S/C14H20BrNO/c15-14-6-2-1-5-13(14)11-9-12(10-11)16-7-3-4-8-17/h1-2,5-6,11-12,16-17H,3-4,7-10H2. The zero-order valence-electron chi connectivity index (χ0n) is 10.0. The molecule has 17 heavy (non-hydrogen) atoms. The number of benzene rings is 1. The van der Waals surface area contributed by atoms with Crippen molar-refractivity contribution in [3.8, 4) is 0 Å². The summed E-state index contributed by atoms with van der Waals surface area (Å²) in [5, 5.41) is 12.2. The molecular weight excluding hydrogens is 278 g/mol. The molecule has 1 aromatic rings. The number of aliphatic hydroxyl groups is 1. The highest BCUT2D eigenvalue weighted by molar-refractivity contribution is 9.10. The normalized spacial score (nSPS) is 23.4. The van der Waals surface area contributed by atoms with Crippen LogP contribution in [0.3, 0.4) is 0 Å². The Labute approximate surface area is 112 Å². The highest BCUT2D eigenvalue weighted by atomic mass is 79.9. The van der Waals surface area contributed by atoms with E-state index in [2.05, 4.69) is 45.5 Å². The third kappa shape index (κ3) is 3.54. The second-order valence-electron chi connectivity index (χ2n) is 4.77. The molecule has 2 rings (SSSR count). The molecule has 0 radical (unpaired) electrons. The van der Waals surface area contributed by atoms with E-state index in [0.717, 1.165) is 19.4 Å². The third-order valence-corrected chi connectivity index (χ3v) is 4.22. The minimum Gasteiger partial charge on any atom is -0.396 e. The number of hydrogen-bond acceptors (Lipinski definition) is 2. The summed E-state index contributed by atoms with van der Waals surface area (Å²) >= 11 is 3.62. The highest BCUT2D eigenvalue weighted by Crippen LogP contribution is 2.39. The molecule has 2 nitrogen and oxygen atoms in total. The van der Waals surface area contributed by atoms with Gasteiger partial charge in [0, 0.05) is 17.1 Å². The van der Waals surface area contributed by atoms with Crippen molar-refractivity contribution in [2.75, 3.05) is 13.2 Å². The van der Waals surface area contributed by atoms with Gasteiger partial charge in [0.2, 0.25) is 0 Å². The molecule has 0 unspecified atom stereocenters. The van der Waals surface area contributed by atoms with Crippen molar-refractivity contribution >= 4 is 15.9 Å². The zero-order valence-corrected chi connectivity index (χ0v) is 11.6. The van der Waals surface area contributed by atoms with Crippen LogP contribution in [-0.4, -0.2) is 24.3 Å². The van der Waals surface area contributed by atoms with Gasteiger partial charge in [-0.15, -0.1) is 0 Å². The molecule has 0 bridgehead atoms. The minimum atomic E-state index is 0.311. The van der Waals surface area contributed by atoms with E-state index in [1.807, 2.05) is 0 Å². The van der Waals surface area contributed by atoms with Crippen molar-refractivity contribution in [2.45, 2.75) is 37.6 Å². The van der Waals surface area contributed by atoms with E-state index in [1.165, 1.54) is 22.9 Å². The number of nitrogens with one attached hydrogen (secondary N) is 1. The maximum Gasteiger partial charge on any atom is 0.0431 e. The van der Waals surface area contributed by atoms with E-state index in [0.29, 0.717) is 18.6 Å². The molecule has 1 saturated carbocycles. The van der Waals surface area contributed by atoms with Crippen LogP contribution < -0.4 is 5.32 Å². The van der Waals surface area contributed by atoms with Crippen molar-refractivity contribution in [1.29, 1.82) is 0 Å². The quantitative estimate of drug-likeness (QED) is 0.791. The van der Waals surface area contributed by atoms with Crippen molar-refractivity contribution < 1.29 is 5.11 Å². The lowest BCUT2D eigenvalue weighted by molar-refractivity contribution is 0.267. The summed E-state index contributed by atoms with van der Waals surface area (Å²) in [6.45, 7) is 1.35. The van der Waals surface area contributed by atoms with Crippen LogP contribution in [0.5, 0.6) is 0 Å². The van der Waals surface area contributed by atoms with E-state index < -0.39 is 0 Å². The lowest BCUT2D eigenvalue weighted by atomic mass is 9.76. The lowest BCUT2D eigenvalue weighted by Crippen LogP contribution is -2.40. The summed E-state index contributed by atoms with van der Waals surface area (Å²) in [7, 11) is 0. The first-order chi connectivity index (χ1) is 8.31. The second kappa shape index (κ2) is 6.53. The van der Waals surface area contributed by atoms with Crippen molar-refractivity contribution in [2.24, 2.45) is 0 Å². The Hall–Kier alpha value is -0.380. The Kier molecular flexibility index (Phi) is 5.01. The number of hydrogen-bond donors (Lipinski definition) is 2. The molecular formula is C14H20BrNO. The van der Waals surface area contributed by atoms with Gasteiger partial charge in [-0.3, -0.25) is 0 Å². The van der Waals surface area contributed by atoms with Gasteiger partial charge in [-0.2, -0.15) is 0 Å². The van der Waals surface area contributed by atoms with Crippen LogP contribution in [0.2, 0.25) is 0 Å². The summed E-state index contributed by atoms with van der Waals surface area (Å²) < 4.78 is 1.24. The predicted molar refractivity (Wildman–Crippen MR) is 74.2 cm³/mol. The Morgan fingerprint density at radius 2 is 2.00 bits per heavy atom. The van der Waals surface area contributed by atoms with Gasteiger partial charge >= 0.3 is 0 Å². The molecule has 0 spiro atoms. The Balaban J connectivity index is 1.70. The fourth-order valence-corrected chi connectivity index (χ4v) is 3.00. The molecule has 94 valence electrons. The fourth-order valence-electron chi connectivity index (χ4n) is 2.39. The molecule has 1 aliphatic rings. The van der Waals surface area contributed by atoms with E-state index in [-0.39, 0.29) is 0 Å². The molecule has 0 amide bonds. The number of unbranched alkanes of at least 4 members (excludes halogenated alkanes) is 1. The van der Waals surface area contributed by atoms with Crippen LogP contribution in [0.25, 0.3) is 0 Å². The van der Waals surface area contributed by atoms with E-state index >= 15 is 0 Å². The van der Waals surface area contributed by atoms with Gasteiger partial charge in [0.15, 0.2) is 0 Å². The van der Waals surface area contributed by atoms with Gasteiger partial charge in [0.1, 0.15) is 0 Å². The third-order valence-electron chi connectivity index (χ3n) is 3.50. The van der Waals surface area contributed by atoms with Gasteiger partial charge in [-0.05, 0) is 49.8 Å². The predicted octanol–water partition coefficient (Wildman–Crippen LogP) is 3.06. The molecule has 3 heteroatoms. The molecule has 0 atom stereocenters.